The Bertz CT molecular complexity index is 921. The van der Waals surface area contributed by atoms with Gasteiger partial charge in [-0.1, -0.05) is 18.2 Å². The summed E-state index contributed by atoms with van der Waals surface area (Å²) in [6, 6.07) is 10.5. The van der Waals surface area contributed by atoms with E-state index in [0.29, 0.717) is 15.9 Å². The monoisotopic (exact) mass is 327 g/mol. The molecule has 0 atom stereocenters. The SMILES string of the molecule is NC(=O)c1sc2nc(N)c(C(=O)Nc3ccccc3)cc2c1N. The highest BCUT2D eigenvalue weighted by Gasteiger charge is 2.19. The van der Waals surface area contributed by atoms with Crippen LogP contribution in [0.1, 0.15) is 20.0 Å². The maximum absolute atomic E-state index is 12.4. The Morgan fingerprint density at radius 1 is 1.13 bits per heavy atom. The maximum atomic E-state index is 12.4. The number of primary amides is 1. The number of anilines is 3. The predicted octanol–water partition coefficient (Wildman–Crippen LogP) is 1.81. The Balaban J connectivity index is 2.04. The second-order valence-electron chi connectivity index (χ2n) is 4.80. The fourth-order valence-electron chi connectivity index (χ4n) is 2.14. The number of hydrogen-bond donors (Lipinski definition) is 4. The molecule has 0 fully saturated rings. The molecule has 2 heterocycles. The number of nitrogens with two attached hydrogens (primary N) is 3. The molecule has 0 aliphatic rings. The van der Waals surface area contributed by atoms with Crippen LogP contribution >= 0.6 is 11.3 Å². The Hall–Kier alpha value is -3.13. The third-order valence-electron chi connectivity index (χ3n) is 3.25. The third-order valence-corrected chi connectivity index (χ3v) is 4.38. The summed E-state index contributed by atoms with van der Waals surface area (Å²) in [5.41, 5.74) is 18.1. The van der Waals surface area contributed by atoms with Crippen molar-refractivity contribution in [3.8, 4) is 0 Å². The number of pyridine rings is 1. The van der Waals surface area contributed by atoms with E-state index in [0.717, 1.165) is 11.3 Å². The highest BCUT2D eigenvalue weighted by atomic mass is 32.1. The minimum atomic E-state index is -0.639. The lowest BCUT2D eigenvalue weighted by molar-refractivity contribution is 0.100. The van der Waals surface area contributed by atoms with Gasteiger partial charge < -0.3 is 22.5 Å². The molecule has 116 valence electrons. The number of aromatic nitrogens is 1. The zero-order chi connectivity index (χ0) is 16.6. The van der Waals surface area contributed by atoms with Gasteiger partial charge >= 0.3 is 0 Å². The molecule has 2 aromatic heterocycles. The molecule has 3 rings (SSSR count). The van der Waals surface area contributed by atoms with E-state index in [-0.39, 0.29) is 21.9 Å². The van der Waals surface area contributed by atoms with Gasteiger partial charge in [0.25, 0.3) is 11.8 Å². The van der Waals surface area contributed by atoms with E-state index in [2.05, 4.69) is 10.3 Å². The zero-order valence-electron chi connectivity index (χ0n) is 11.9. The van der Waals surface area contributed by atoms with Crippen molar-refractivity contribution in [1.29, 1.82) is 0 Å². The largest absolute Gasteiger partial charge is 0.397 e. The van der Waals surface area contributed by atoms with Crippen molar-refractivity contribution in [3.63, 3.8) is 0 Å². The van der Waals surface area contributed by atoms with E-state index < -0.39 is 11.8 Å². The van der Waals surface area contributed by atoms with Crippen LogP contribution in [-0.2, 0) is 0 Å². The molecule has 3 aromatic rings. The number of benzene rings is 1. The van der Waals surface area contributed by atoms with Crippen LogP contribution < -0.4 is 22.5 Å². The summed E-state index contributed by atoms with van der Waals surface area (Å²) >= 11 is 1.05. The van der Waals surface area contributed by atoms with Crippen molar-refractivity contribution in [2.24, 2.45) is 5.73 Å². The van der Waals surface area contributed by atoms with E-state index in [9.17, 15) is 9.59 Å². The van der Waals surface area contributed by atoms with Crippen LogP contribution in [0.25, 0.3) is 10.2 Å². The Morgan fingerprint density at radius 2 is 1.83 bits per heavy atom. The van der Waals surface area contributed by atoms with E-state index in [1.165, 1.54) is 6.07 Å². The summed E-state index contributed by atoms with van der Waals surface area (Å²) in [5, 5.41) is 3.21. The highest BCUT2D eigenvalue weighted by molar-refractivity contribution is 7.21. The van der Waals surface area contributed by atoms with E-state index in [4.69, 9.17) is 17.2 Å². The van der Waals surface area contributed by atoms with E-state index >= 15 is 0 Å². The van der Waals surface area contributed by atoms with Crippen LogP contribution in [0.5, 0.6) is 0 Å². The zero-order valence-corrected chi connectivity index (χ0v) is 12.7. The van der Waals surface area contributed by atoms with Crippen LogP contribution in [0.3, 0.4) is 0 Å². The fourth-order valence-corrected chi connectivity index (χ4v) is 3.08. The van der Waals surface area contributed by atoms with Crippen molar-refractivity contribution in [3.05, 3.63) is 46.8 Å². The first kappa shape index (κ1) is 14.8. The molecule has 0 saturated carbocycles. The van der Waals surface area contributed by atoms with Crippen molar-refractivity contribution < 1.29 is 9.59 Å². The summed E-state index contributed by atoms with van der Waals surface area (Å²) in [6.45, 7) is 0. The van der Waals surface area contributed by atoms with Gasteiger partial charge in [-0.05, 0) is 18.2 Å². The number of carbonyl (C=O) groups excluding carboxylic acids is 2. The first-order valence-corrected chi connectivity index (χ1v) is 7.43. The van der Waals surface area contributed by atoms with Gasteiger partial charge in [-0.25, -0.2) is 4.98 Å². The van der Waals surface area contributed by atoms with Crippen molar-refractivity contribution in [2.45, 2.75) is 0 Å². The summed E-state index contributed by atoms with van der Waals surface area (Å²) in [4.78, 5) is 28.5. The Kier molecular flexibility index (Phi) is 3.59. The number of thiophene rings is 1. The number of carbonyl (C=O) groups is 2. The summed E-state index contributed by atoms with van der Waals surface area (Å²) in [6.07, 6.45) is 0. The Labute approximate surface area is 135 Å². The lowest BCUT2D eigenvalue weighted by atomic mass is 10.1. The van der Waals surface area contributed by atoms with Gasteiger partial charge in [0.1, 0.15) is 15.5 Å². The molecule has 7 N–H and O–H groups in total. The molecule has 2 amide bonds. The summed E-state index contributed by atoms with van der Waals surface area (Å²) in [5.74, 6) is -0.989. The van der Waals surface area contributed by atoms with Crippen molar-refractivity contribution >= 4 is 50.6 Å². The van der Waals surface area contributed by atoms with E-state index in [1.807, 2.05) is 6.07 Å². The average Bonchev–Trinajstić information content (AvgIpc) is 2.84. The molecular weight excluding hydrogens is 314 g/mol. The van der Waals surface area contributed by atoms with Crippen LogP contribution in [0, 0.1) is 0 Å². The number of fused-ring (bicyclic) bond motifs is 1. The van der Waals surface area contributed by atoms with Crippen LogP contribution in [-0.4, -0.2) is 16.8 Å². The highest BCUT2D eigenvalue weighted by Crippen LogP contribution is 2.34. The van der Waals surface area contributed by atoms with Crippen LogP contribution in [0.15, 0.2) is 36.4 Å². The first-order valence-electron chi connectivity index (χ1n) is 6.62. The normalized spacial score (nSPS) is 10.6. The molecule has 0 bridgehead atoms. The van der Waals surface area contributed by atoms with Gasteiger partial charge in [0, 0.05) is 11.1 Å². The molecule has 8 heteroatoms. The number of rotatable bonds is 3. The number of nitrogen functional groups attached to an aromatic ring is 2. The van der Waals surface area contributed by atoms with Gasteiger partial charge in [-0.3, -0.25) is 9.59 Å². The lowest BCUT2D eigenvalue weighted by Crippen LogP contribution is -2.14. The van der Waals surface area contributed by atoms with Crippen molar-refractivity contribution in [2.75, 3.05) is 16.8 Å². The second kappa shape index (κ2) is 5.58. The summed E-state index contributed by atoms with van der Waals surface area (Å²) in [7, 11) is 0. The molecule has 7 nitrogen and oxygen atoms in total. The van der Waals surface area contributed by atoms with Gasteiger partial charge in [-0.2, -0.15) is 0 Å². The van der Waals surface area contributed by atoms with Gasteiger partial charge in [0.2, 0.25) is 0 Å². The van der Waals surface area contributed by atoms with Gasteiger partial charge in [0.05, 0.1) is 11.3 Å². The quantitative estimate of drug-likeness (QED) is 0.581. The molecule has 0 radical (unpaired) electrons. The van der Waals surface area contributed by atoms with Crippen LogP contribution in [0.2, 0.25) is 0 Å². The minimum Gasteiger partial charge on any atom is -0.397 e. The third kappa shape index (κ3) is 2.67. The molecule has 0 spiro atoms. The van der Waals surface area contributed by atoms with E-state index in [1.54, 1.807) is 24.3 Å². The predicted molar refractivity (Wildman–Crippen MR) is 91.4 cm³/mol. The molecular formula is C15H13N5O2S. The first-order chi connectivity index (χ1) is 11.0. The molecule has 0 aliphatic heterocycles. The summed E-state index contributed by atoms with van der Waals surface area (Å²) < 4.78 is 0. The van der Waals surface area contributed by atoms with Crippen molar-refractivity contribution in [1.82, 2.24) is 4.98 Å². The topological polar surface area (TPSA) is 137 Å². The second-order valence-corrected chi connectivity index (χ2v) is 5.80. The molecule has 0 unspecified atom stereocenters. The molecule has 0 aliphatic carbocycles. The van der Waals surface area contributed by atoms with Crippen LogP contribution in [0.4, 0.5) is 17.2 Å². The molecule has 23 heavy (non-hydrogen) atoms. The Morgan fingerprint density at radius 3 is 2.48 bits per heavy atom. The minimum absolute atomic E-state index is 0.0585. The number of para-hydroxylation sites is 1. The fraction of sp³-hybridized carbons (Fsp3) is 0. The standard InChI is InChI=1S/C15H13N5O2S/c16-10-8-6-9(14(22)19-7-4-2-1-3-5-7)12(17)20-15(8)23-11(10)13(18)21/h1-6H,16H2,(H2,17,20)(H2,18,21)(H,19,22). The lowest BCUT2D eigenvalue weighted by Gasteiger charge is -2.07. The number of nitrogens with zero attached hydrogens (tertiary/aromatic N) is 1. The van der Waals surface area contributed by atoms with Gasteiger partial charge in [-0.15, -0.1) is 11.3 Å². The molecule has 1 aromatic carbocycles. The smallest absolute Gasteiger partial charge is 0.260 e. The number of amides is 2. The molecule has 0 saturated heterocycles. The maximum Gasteiger partial charge on any atom is 0.260 e. The average molecular weight is 327 g/mol. The number of nitrogens with one attached hydrogen (secondary N) is 1. The van der Waals surface area contributed by atoms with Gasteiger partial charge in [0.15, 0.2) is 0 Å². The number of hydrogen-bond acceptors (Lipinski definition) is 6.